The van der Waals surface area contributed by atoms with Crippen LogP contribution in [0.4, 0.5) is 0 Å². The smallest absolute Gasteiger partial charge is 0.109 e. The summed E-state index contributed by atoms with van der Waals surface area (Å²) in [5.74, 6) is 0. The van der Waals surface area contributed by atoms with Gasteiger partial charge in [0.2, 0.25) is 0 Å². The molecule has 2 N–H and O–H groups in total. The van der Waals surface area contributed by atoms with E-state index in [2.05, 4.69) is 5.10 Å². The van der Waals surface area contributed by atoms with Gasteiger partial charge in [-0.3, -0.25) is 0 Å². The maximum absolute atomic E-state index is 9.83. The molecule has 1 heterocycles. The van der Waals surface area contributed by atoms with Crippen LogP contribution in [0.1, 0.15) is 18.1 Å². The fourth-order valence-corrected chi connectivity index (χ4v) is 1.64. The Morgan fingerprint density at radius 2 is 2.00 bits per heavy atom. The van der Waals surface area contributed by atoms with Gasteiger partial charge in [0.1, 0.15) is 6.10 Å². The van der Waals surface area contributed by atoms with Gasteiger partial charge < -0.3 is 10.2 Å². The summed E-state index contributed by atoms with van der Waals surface area (Å²) in [6, 6.07) is 11.3. The number of para-hydroxylation sites is 1. The zero-order valence-electron chi connectivity index (χ0n) is 9.64. The van der Waals surface area contributed by atoms with Gasteiger partial charge in [0, 0.05) is 11.8 Å². The lowest BCUT2D eigenvalue weighted by Crippen LogP contribution is -2.16. The lowest BCUT2D eigenvalue weighted by atomic mass is 10.1. The maximum Gasteiger partial charge on any atom is 0.109 e. The molecule has 5 nitrogen and oxygen atoms in total. The van der Waals surface area contributed by atoms with E-state index in [1.54, 1.807) is 10.9 Å². The van der Waals surface area contributed by atoms with Crippen LogP contribution in [0.2, 0.25) is 0 Å². The third kappa shape index (κ3) is 2.56. The molecule has 2 aromatic rings. The molecule has 18 heavy (non-hydrogen) atoms. The minimum Gasteiger partial charge on any atom is -0.389 e. The molecule has 92 valence electrons. The van der Waals surface area contributed by atoms with Crippen LogP contribution in [-0.2, 0) is 0 Å². The van der Waals surface area contributed by atoms with E-state index in [0.717, 1.165) is 5.69 Å². The minimum atomic E-state index is -1.10. The normalized spacial score (nSPS) is 13.8. The minimum absolute atomic E-state index is 0.113. The van der Waals surface area contributed by atoms with Gasteiger partial charge in [-0.25, -0.2) is 4.68 Å². The lowest BCUT2D eigenvalue weighted by Gasteiger charge is -2.12. The predicted molar refractivity (Wildman–Crippen MR) is 64.8 cm³/mol. The van der Waals surface area contributed by atoms with Gasteiger partial charge in [-0.1, -0.05) is 18.2 Å². The molecule has 5 heteroatoms. The number of rotatable bonds is 4. The Bertz CT molecular complexity index is 545. The zero-order chi connectivity index (χ0) is 13.0. The summed E-state index contributed by atoms with van der Waals surface area (Å²) in [6.45, 7) is 0. The fraction of sp³-hybridized carbons (Fsp3) is 0.231. The number of nitriles is 1. The van der Waals surface area contributed by atoms with E-state index in [1.165, 1.54) is 6.20 Å². The third-order valence-electron chi connectivity index (χ3n) is 2.63. The number of aromatic nitrogens is 2. The van der Waals surface area contributed by atoms with Crippen LogP contribution >= 0.6 is 0 Å². The van der Waals surface area contributed by atoms with Crippen molar-refractivity contribution in [1.82, 2.24) is 9.78 Å². The first-order chi connectivity index (χ1) is 8.72. The summed E-state index contributed by atoms with van der Waals surface area (Å²) in [7, 11) is 0. The van der Waals surface area contributed by atoms with E-state index >= 15 is 0 Å². The highest BCUT2D eigenvalue weighted by Gasteiger charge is 2.19. The summed E-state index contributed by atoms with van der Waals surface area (Å²) in [5.41, 5.74) is 1.35. The number of aliphatic hydroxyl groups is 2. The van der Waals surface area contributed by atoms with Gasteiger partial charge in [-0.05, 0) is 12.1 Å². The highest BCUT2D eigenvalue weighted by molar-refractivity contribution is 5.31. The molecule has 0 saturated heterocycles. The molecule has 1 aromatic heterocycles. The van der Waals surface area contributed by atoms with Crippen molar-refractivity contribution in [3.05, 3.63) is 48.3 Å². The number of aliphatic hydroxyl groups excluding tert-OH is 2. The molecule has 0 fully saturated rings. The predicted octanol–water partition coefficient (Wildman–Crippen LogP) is 1.18. The van der Waals surface area contributed by atoms with E-state index in [9.17, 15) is 10.2 Å². The molecule has 0 aliphatic carbocycles. The van der Waals surface area contributed by atoms with E-state index in [1.807, 2.05) is 36.4 Å². The quantitative estimate of drug-likeness (QED) is 0.844. The fourth-order valence-electron chi connectivity index (χ4n) is 1.64. The highest BCUT2D eigenvalue weighted by Crippen LogP contribution is 2.19. The Kier molecular flexibility index (Phi) is 3.72. The van der Waals surface area contributed by atoms with Crippen molar-refractivity contribution in [1.29, 1.82) is 5.26 Å². The van der Waals surface area contributed by atoms with Gasteiger partial charge >= 0.3 is 0 Å². The SMILES string of the molecule is N#CCC(O)C(O)c1cnn(-c2ccccc2)c1. The molecule has 0 bridgehead atoms. The third-order valence-corrected chi connectivity index (χ3v) is 2.63. The van der Waals surface area contributed by atoms with Crippen molar-refractivity contribution in [2.75, 3.05) is 0 Å². The van der Waals surface area contributed by atoms with Crippen LogP contribution < -0.4 is 0 Å². The first-order valence-electron chi connectivity index (χ1n) is 5.55. The monoisotopic (exact) mass is 243 g/mol. The van der Waals surface area contributed by atoms with Crippen LogP contribution in [0, 0.1) is 11.3 Å². The average Bonchev–Trinajstić information content (AvgIpc) is 2.89. The molecule has 0 saturated carbocycles. The topological polar surface area (TPSA) is 82.1 Å². The lowest BCUT2D eigenvalue weighted by molar-refractivity contribution is 0.0216. The molecule has 2 rings (SSSR count). The van der Waals surface area contributed by atoms with E-state index in [-0.39, 0.29) is 6.42 Å². The van der Waals surface area contributed by atoms with Crippen LogP contribution in [0.3, 0.4) is 0 Å². The molecule has 1 aromatic carbocycles. The van der Waals surface area contributed by atoms with Crippen molar-refractivity contribution < 1.29 is 10.2 Å². The summed E-state index contributed by atoms with van der Waals surface area (Å²) in [4.78, 5) is 0. The highest BCUT2D eigenvalue weighted by atomic mass is 16.3. The standard InChI is InChI=1S/C13H13N3O2/c14-7-6-12(17)13(18)10-8-15-16(9-10)11-4-2-1-3-5-11/h1-5,8-9,12-13,17-18H,6H2. The van der Waals surface area contributed by atoms with Crippen molar-refractivity contribution in [3.8, 4) is 11.8 Å². The van der Waals surface area contributed by atoms with Crippen molar-refractivity contribution >= 4 is 0 Å². The maximum atomic E-state index is 9.83. The van der Waals surface area contributed by atoms with Gasteiger partial charge in [0.15, 0.2) is 0 Å². The summed E-state index contributed by atoms with van der Waals surface area (Å²) in [6.07, 6.45) is 0.821. The molecule has 0 amide bonds. The second-order valence-corrected chi connectivity index (χ2v) is 3.93. The summed E-state index contributed by atoms with van der Waals surface area (Å²) in [5, 5.41) is 32.0. The first kappa shape index (κ1) is 12.3. The Morgan fingerprint density at radius 1 is 1.28 bits per heavy atom. The number of hydrogen-bond acceptors (Lipinski definition) is 4. The molecule has 0 radical (unpaired) electrons. The zero-order valence-corrected chi connectivity index (χ0v) is 9.64. The average molecular weight is 243 g/mol. The molecular weight excluding hydrogens is 230 g/mol. The number of hydrogen-bond donors (Lipinski definition) is 2. The second kappa shape index (κ2) is 5.45. The van der Waals surface area contributed by atoms with Gasteiger partial charge in [-0.15, -0.1) is 0 Å². The van der Waals surface area contributed by atoms with E-state index in [0.29, 0.717) is 5.56 Å². The Hall–Kier alpha value is -2.16. The Labute approximate surface area is 105 Å². The summed E-state index contributed by atoms with van der Waals surface area (Å²) >= 11 is 0. The van der Waals surface area contributed by atoms with Crippen molar-refractivity contribution in [2.45, 2.75) is 18.6 Å². The first-order valence-corrected chi connectivity index (χ1v) is 5.55. The van der Waals surface area contributed by atoms with Crippen molar-refractivity contribution in [3.63, 3.8) is 0 Å². The van der Waals surface area contributed by atoms with Crippen molar-refractivity contribution in [2.24, 2.45) is 0 Å². The number of nitrogens with zero attached hydrogens (tertiary/aromatic N) is 3. The Balaban J connectivity index is 2.19. The van der Waals surface area contributed by atoms with E-state index < -0.39 is 12.2 Å². The van der Waals surface area contributed by atoms with Crippen LogP contribution in [-0.4, -0.2) is 26.1 Å². The molecule has 0 aliphatic heterocycles. The second-order valence-electron chi connectivity index (χ2n) is 3.93. The molecular formula is C13H13N3O2. The number of benzene rings is 1. The summed E-state index contributed by atoms with van der Waals surface area (Å²) < 4.78 is 1.61. The van der Waals surface area contributed by atoms with Gasteiger partial charge in [0.25, 0.3) is 0 Å². The molecule has 2 atom stereocenters. The van der Waals surface area contributed by atoms with Crippen LogP contribution in [0.15, 0.2) is 42.7 Å². The van der Waals surface area contributed by atoms with Gasteiger partial charge in [-0.2, -0.15) is 10.4 Å². The largest absolute Gasteiger partial charge is 0.389 e. The van der Waals surface area contributed by atoms with Gasteiger partial charge in [0.05, 0.1) is 30.5 Å². The Morgan fingerprint density at radius 3 is 2.67 bits per heavy atom. The molecule has 0 spiro atoms. The molecule has 0 aliphatic rings. The van der Waals surface area contributed by atoms with Crippen LogP contribution in [0.25, 0.3) is 5.69 Å². The van der Waals surface area contributed by atoms with Crippen LogP contribution in [0.5, 0.6) is 0 Å². The van der Waals surface area contributed by atoms with E-state index in [4.69, 9.17) is 5.26 Å². The molecule has 2 unspecified atom stereocenters.